The molecule has 0 fully saturated rings. The molecule has 0 bridgehead atoms. The van der Waals surface area contributed by atoms with E-state index in [0.717, 1.165) is 0 Å². The summed E-state index contributed by atoms with van der Waals surface area (Å²) >= 11 is 0. The highest BCUT2D eigenvalue weighted by atomic mass is 35.5. The first kappa shape index (κ1) is 28.8. The van der Waals surface area contributed by atoms with Gasteiger partial charge in [-0.1, -0.05) is 20.8 Å². The Kier molecular flexibility index (Phi) is 17.7. The van der Waals surface area contributed by atoms with Crippen molar-refractivity contribution in [2.24, 2.45) is 11.8 Å². The molecule has 152 valence electrons. The highest BCUT2D eigenvalue weighted by Crippen LogP contribution is 2.17. The van der Waals surface area contributed by atoms with E-state index in [9.17, 15) is 9.59 Å². The number of hydrogen-bond donors (Lipinski definition) is 4. The second kappa shape index (κ2) is 15.3. The number of nitrogens with one attached hydrogen (secondary N) is 4. The van der Waals surface area contributed by atoms with Crippen LogP contribution in [0.5, 0.6) is 0 Å². The first-order valence-electron chi connectivity index (χ1n) is 8.03. The summed E-state index contributed by atoms with van der Waals surface area (Å²) in [6.45, 7) is 13.5. The number of rotatable bonds is 9. The highest BCUT2D eigenvalue weighted by Gasteiger charge is 2.26. The Bertz CT molecular complexity index is 371. The topological polar surface area (TPSA) is 101 Å². The zero-order valence-corrected chi connectivity index (χ0v) is 17.7. The smallest absolute Gasteiger partial charge is 0.421 e. The van der Waals surface area contributed by atoms with Gasteiger partial charge < -0.3 is 9.47 Å². The molecule has 25 heavy (non-hydrogen) atoms. The number of halogens is 2. The fourth-order valence-electron chi connectivity index (χ4n) is 1.81. The molecule has 0 rings (SSSR count). The monoisotopic (exact) mass is 404 g/mol. The second-order valence-corrected chi connectivity index (χ2v) is 6.54. The Hall–Kier alpha value is -0.960. The molecule has 0 aliphatic carbocycles. The van der Waals surface area contributed by atoms with Crippen LogP contribution in [0, 0.1) is 11.8 Å². The molecular formula is C15H34Cl2N4O4. The molecule has 0 aromatic rings. The van der Waals surface area contributed by atoms with Crippen molar-refractivity contribution >= 4 is 37.0 Å². The van der Waals surface area contributed by atoms with Gasteiger partial charge in [-0.3, -0.25) is 10.9 Å². The highest BCUT2D eigenvalue weighted by molar-refractivity contribution is 5.85. The molecule has 8 nitrogen and oxygen atoms in total. The van der Waals surface area contributed by atoms with E-state index in [1.165, 1.54) is 0 Å². The van der Waals surface area contributed by atoms with Crippen molar-refractivity contribution in [3.05, 3.63) is 0 Å². The lowest BCUT2D eigenvalue weighted by Gasteiger charge is -2.27. The van der Waals surface area contributed by atoms with Crippen LogP contribution in [0.15, 0.2) is 0 Å². The summed E-state index contributed by atoms with van der Waals surface area (Å²) < 4.78 is 10.5. The van der Waals surface area contributed by atoms with Gasteiger partial charge in [0, 0.05) is 18.0 Å². The summed E-state index contributed by atoms with van der Waals surface area (Å²) in [6.07, 6.45) is -1.47. The molecule has 4 N–H and O–H groups in total. The van der Waals surface area contributed by atoms with Crippen molar-refractivity contribution in [1.82, 2.24) is 21.7 Å². The Morgan fingerprint density at radius 1 is 0.800 bits per heavy atom. The Balaban J connectivity index is -0.00000242. The maximum absolute atomic E-state index is 11.8. The van der Waals surface area contributed by atoms with E-state index in [2.05, 4.69) is 21.7 Å². The number of hydrazine groups is 2. The molecule has 0 spiro atoms. The molecule has 0 saturated heterocycles. The van der Waals surface area contributed by atoms with Crippen LogP contribution in [0.3, 0.4) is 0 Å². The van der Waals surface area contributed by atoms with Crippen LogP contribution >= 0.6 is 24.8 Å². The average molecular weight is 405 g/mol. The molecule has 0 aliphatic heterocycles. The predicted octanol–water partition coefficient (Wildman–Crippen LogP) is 2.77. The average Bonchev–Trinajstić information content (AvgIpc) is 2.45. The quantitative estimate of drug-likeness (QED) is 0.440. The van der Waals surface area contributed by atoms with Crippen molar-refractivity contribution in [3.8, 4) is 0 Å². The zero-order chi connectivity index (χ0) is 18.0. The molecule has 0 saturated carbocycles. The number of amides is 2. The lowest BCUT2D eigenvalue weighted by molar-refractivity contribution is 0.0111. The fourth-order valence-corrected chi connectivity index (χ4v) is 1.81. The minimum atomic E-state index is -0.556. The largest absolute Gasteiger partial charge is 0.448 e. The minimum absolute atomic E-state index is 0. The van der Waals surface area contributed by atoms with Crippen LogP contribution in [0.4, 0.5) is 9.59 Å². The van der Waals surface area contributed by atoms with Crippen molar-refractivity contribution in [2.45, 2.75) is 66.7 Å². The molecule has 2 unspecified atom stereocenters. The predicted molar refractivity (Wildman–Crippen MR) is 103 cm³/mol. The van der Waals surface area contributed by atoms with E-state index >= 15 is 0 Å². The first-order valence-corrected chi connectivity index (χ1v) is 8.03. The Morgan fingerprint density at radius 3 is 1.64 bits per heavy atom. The third-order valence-corrected chi connectivity index (χ3v) is 2.86. The van der Waals surface area contributed by atoms with E-state index in [-0.39, 0.29) is 61.4 Å². The fraction of sp³-hybridized carbons (Fsp3) is 0.867. The molecule has 0 aromatic carbocycles. The van der Waals surface area contributed by atoms with Gasteiger partial charge in [0.05, 0.1) is 6.61 Å². The van der Waals surface area contributed by atoms with Crippen molar-refractivity contribution in [2.75, 3.05) is 6.61 Å². The number of carbonyl (C=O) groups excluding carboxylic acids is 2. The standard InChI is InChI=1S/C15H32N4O4.2ClH/c1-9(2)13(23-15(21)19-17-11(5)6)12(7)8-22-14(20)18-16-10(3)4;;/h9-13,16-17H,8H2,1-7H3,(H,18,20)(H,19,21);2*1H. The van der Waals surface area contributed by atoms with Crippen LogP contribution < -0.4 is 21.7 Å². The molecule has 2 atom stereocenters. The lowest BCUT2D eigenvalue weighted by atomic mass is 9.95. The molecule has 0 aromatic heterocycles. The van der Waals surface area contributed by atoms with E-state index in [1.807, 2.05) is 48.5 Å². The lowest BCUT2D eigenvalue weighted by Crippen LogP contribution is -2.46. The van der Waals surface area contributed by atoms with Crippen molar-refractivity contribution in [1.29, 1.82) is 0 Å². The first-order chi connectivity index (χ1) is 10.6. The second-order valence-electron chi connectivity index (χ2n) is 6.54. The number of ether oxygens (including phenoxy) is 2. The van der Waals surface area contributed by atoms with Crippen LogP contribution in [-0.4, -0.2) is 37.0 Å². The van der Waals surface area contributed by atoms with Gasteiger partial charge in [0.15, 0.2) is 0 Å². The van der Waals surface area contributed by atoms with E-state index in [4.69, 9.17) is 9.47 Å². The maximum atomic E-state index is 11.8. The summed E-state index contributed by atoms with van der Waals surface area (Å²) in [6, 6.07) is 0.224. The van der Waals surface area contributed by atoms with Gasteiger partial charge in [-0.15, -0.1) is 24.8 Å². The summed E-state index contributed by atoms with van der Waals surface area (Å²) in [5.74, 6) is -0.0418. The van der Waals surface area contributed by atoms with Crippen molar-refractivity contribution in [3.63, 3.8) is 0 Å². The summed E-state index contributed by atoms with van der Waals surface area (Å²) in [5, 5.41) is 0. The SMILES string of the molecule is CC(C)NNC(=O)OCC(C)C(OC(=O)NNC(C)C)C(C)C.Cl.Cl. The van der Waals surface area contributed by atoms with Gasteiger partial charge in [0.2, 0.25) is 0 Å². The van der Waals surface area contributed by atoms with Gasteiger partial charge in [-0.2, -0.15) is 0 Å². The third-order valence-electron chi connectivity index (χ3n) is 2.86. The third kappa shape index (κ3) is 15.0. The summed E-state index contributed by atoms with van der Waals surface area (Å²) in [7, 11) is 0. The summed E-state index contributed by atoms with van der Waals surface area (Å²) in [5.41, 5.74) is 10.4. The van der Waals surface area contributed by atoms with E-state index in [1.54, 1.807) is 0 Å². The minimum Gasteiger partial charge on any atom is -0.448 e. The van der Waals surface area contributed by atoms with Gasteiger partial charge in [-0.05, 0) is 33.6 Å². The molecule has 0 heterocycles. The van der Waals surface area contributed by atoms with Gasteiger partial charge in [0.25, 0.3) is 0 Å². The van der Waals surface area contributed by atoms with Crippen LogP contribution in [0.2, 0.25) is 0 Å². The molecule has 2 amide bonds. The number of carbonyl (C=O) groups is 2. The van der Waals surface area contributed by atoms with E-state index < -0.39 is 12.2 Å². The molecular weight excluding hydrogens is 371 g/mol. The van der Waals surface area contributed by atoms with Crippen LogP contribution in [0.25, 0.3) is 0 Å². The van der Waals surface area contributed by atoms with Crippen LogP contribution in [-0.2, 0) is 9.47 Å². The van der Waals surface area contributed by atoms with Crippen LogP contribution in [0.1, 0.15) is 48.5 Å². The molecule has 0 radical (unpaired) electrons. The zero-order valence-electron chi connectivity index (χ0n) is 16.0. The van der Waals surface area contributed by atoms with Gasteiger partial charge >= 0.3 is 12.2 Å². The summed E-state index contributed by atoms with van der Waals surface area (Å²) in [4.78, 5) is 23.3. The molecule has 0 aliphatic rings. The Labute approximate surface area is 163 Å². The Morgan fingerprint density at radius 2 is 1.24 bits per heavy atom. The normalized spacial score (nSPS) is 12.7. The van der Waals surface area contributed by atoms with Gasteiger partial charge in [-0.25, -0.2) is 20.4 Å². The van der Waals surface area contributed by atoms with Gasteiger partial charge in [0.1, 0.15) is 6.10 Å². The molecule has 10 heteroatoms. The van der Waals surface area contributed by atoms with Crippen molar-refractivity contribution < 1.29 is 19.1 Å². The maximum Gasteiger partial charge on any atom is 0.421 e. The van der Waals surface area contributed by atoms with E-state index in [0.29, 0.717) is 0 Å². The number of hydrogen-bond acceptors (Lipinski definition) is 6.